The third kappa shape index (κ3) is 3.13. The van der Waals surface area contributed by atoms with Gasteiger partial charge in [-0.25, -0.2) is 4.79 Å². The minimum atomic E-state index is -1.44. The maximum atomic E-state index is 12.1. The SMILES string of the molecule is C[C@H](NC(=O)N1Cc2ccccc2C[C@H]1C(=O)[O-])C(=O)[O-]. The van der Waals surface area contributed by atoms with Crippen LogP contribution in [0.1, 0.15) is 18.1 Å². The second-order valence-corrected chi connectivity index (χ2v) is 4.93. The van der Waals surface area contributed by atoms with Gasteiger partial charge in [-0.1, -0.05) is 24.3 Å². The molecule has 112 valence electrons. The molecule has 1 aromatic carbocycles. The van der Waals surface area contributed by atoms with Crippen molar-refractivity contribution in [3.05, 3.63) is 35.4 Å². The van der Waals surface area contributed by atoms with Gasteiger partial charge in [0.15, 0.2) is 0 Å². The summed E-state index contributed by atoms with van der Waals surface area (Å²) in [6.07, 6.45) is 0.131. The van der Waals surface area contributed by atoms with E-state index in [0.717, 1.165) is 16.0 Å². The van der Waals surface area contributed by atoms with Crippen LogP contribution in [0.25, 0.3) is 0 Å². The summed E-state index contributed by atoms with van der Waals surface area (Å²) in [5.41, 5.74) is 1.66. The molecule has 0 fully saturated rings. The Morgan fingerprint density at radius 3 is 2.43 bits per heavy atom. The molecule has 0 unspecified atom stereocenters. The maximum absolute atomic E-state index is 12.1. The van der Waals surface area contributed by atoms with Crippen LogP contribution in [-0.4, -0.2) is 35.0 Å². The second kappa shape index (κ2) is 5.82. The van der Waals surface area contributed by atoms with Crippen molar-refractivity contribution >= 4 is 18.0 Å². The number of benzene rings is 1. The molecule has 2 atom stereocenters. The number of fused-ring (bicyclic) bond motifs is 1. The topological polar surface area (TPSA) is 113 Å². The van der Waals surface area contributed by atoms with Gasteiger partial charge >= 0.3 is 6.03 Å². The van der Waals surface area contributed by atoms with Crippen molar-refractivity contribution in [2.45, 2.75) is 32.0 Å². The summed E-state index contributed by atoms with van der Waals surface area (Å²) in [5, 5.41) is 24.1. The number of rotatable bonds is 3. The molecule has 1 N–H and O–H groups in total. The highest BCUT2D eigenvalue weighted by Gasteiger charge is 2.31. The molecule has 1 heterocycles. The molecule has 1 aromatic rings. The average Bonchev–Trinajstić information content (AvgIpc) is 2.45. The van der Waals surface area contributed by atoms with Gasteiger partial charge in [-0.15, -0.1) is 0 Å². The fourth-order valence-electron chi connectivity index (χ4n) is 2.27. The molecule has 1 aliphatic heterocycles. The second-order valence-electron chi connectivity index (χ2n) is 4.93. The van der Waals surface area contributed by atoms with E-state index in [9.17, 15) is 24.6 Å². The van der Waals surface area contributed by atoms with Gasteiger partial charge in [-0.05, 0) is 24.5 Å². The van der Waals surface area contributed by atoms with Crippen molar-refractivity contribution in [2.75, 3.05) is 0 Å². The Labute approximate surface area is 121 Å². The molecule has 7 nitrogen and oxygen atoms in total. The zero-order valence-corrected chi connectivity index (χ0v) is 11.4. The molecule has 2 rings (SSSR count). The van der Waals surface area contributed by atoms with Gasteiger partial charge in [-0.2, -0.15) is 0 Å². The zero-order chi connectivity index (χ0) is 15.6. The van der Waals surface area contributed by atoms with Crippen LogP contribution >= 0.6 is 0 Å². The zero-order valence-electron chi connectivity index (χ0n) is 11.4. The van der Waals surface area contributed by atoms with Crippen molar-refractivity contribution in [3.8, 4) is 0 Å². The van der Waals surface area contributed by atoms with Crippen LogP contribution in [0.3, 0.4) is 0 Å². The molecular weight excluding hydrogens is 276 g/mol. The molecule has 21 heavy (non-hydrogen) atoms. The van der Waals surface area contributed by atoms with E-state index in [2.05, 4.69) is 5.32 Å². The molecule has 0 spiro atoms. The highest BCUT2D eigenvalue weighted by Crippen LogP contribution is 2.23. The third-order valence-corrected chi connectivity index (χ3v) is 3.48. The van der Waals surface area contributed by atoms with E-state index < -0.39 is 30.1 Å². The maximum Gasteiger partial charge on any atom is 0.318 e. The predicted molar refractivity (Wildman–Crippen MR) is 67.5 cm³/mol. The average molecular weight is 290 g/mol. The number of hydrogen-bond donors (Lipinski definition) is 1. The summed E-state index contributed by atoms with van der Waals surface area (Å²) in [4.78, 5) is 35.0. The molecule has 0 bridgehead atoms. The third-order valence-electron chi connectivity index (χ3n) is 3.48. The lowest BCUT2D eigenvalue weighted by atomic mass is 9.94. The minimum absolute atomic E-state index is 0.0838. The lowest BCUT2D eigenvalue weighted by Crippen LogP contribution is -2.58. The largest absolute Gasteiger partial charge is 0.548 e. The van der Waals surface area contributed by atoms with Gasteiger partial charge in [0.05, 0.1) is 24.0 Å². The summed E-state index contributed by atoms with van der Waals surface area (Å²) >= 11 is 0. The number of hydrogen-bond acceptors (Lipinski definition) is 5. The lowest BCUT2D eigenvalue weighted by molar-refractivity contribution is -0.311. The highest BCUT2D eigenvalue weighted by molar-refractivity contribution is 5.85. The molecule has 0 saturated heterocycles. The van der Waals surface area contributed by atoms with Crippen LogP contribution in [0.5, 0.6) is 0 Å². The monoisotopic (exact) mass is 290 g/mol. The number of nitrogens with one attached hydrogen (secondary N) is 1. The van der Waals surface area contributed by atoms with E-state index in [1.807, 2.05) is 0 Å². The first-order chi connectivity index (χ1) is 9.90. The van der Waals surface area contributed by atoms with Crippen molar-refractivity contribution in [2.24, 2.45) is 0 Å². The minimum Gasteiger partial charge on any atom is -0.548 e. The van der Waals surface area contributed by atoms with E-state index >= 15 is 0 Å². The molecular formula is C14H14N2O5-2. The van der Waals surface area contributed by atoms with Crippen molar-refractivity contribution in [1.29, 1.82) is 0 Å². The van der Waals surface area contributed by atoms with Gasteiger partial charge in [-0.3, -0.25) is 0 Å². The normalized spacial score (nSPS) is 18.5. The van der Waals surface area contributed by atoms with Crippen molar-refractivity contribution in [3.63, 3.8) is 0 Å². The number of carbonyl (C=O) groups is 3. The number of aliphatic carboxylic acids is 2. The van der Waals surface area contributed by atoms with Gasteiger partial charge in [0.2, 0.25) is 0 Å². The van der Waals surface area contributed by atoms with Crippen LogP contribution < -0.4 is 15.5 Å². The van der Waals surface area contributed by atoms with Crippen molar-refractivity contribution in [1.82, 2.24) is 10.2 Å². The Morgan fingerprint density at radius 1 is 1.24 bits per heavy atom. The highest BCUT2D eigenvalue weighted by atomic mass is 16.4. The van der Waals surface area contributed by atoms with Crippen LogP contribution in [0.15, 0.2) is 24.3 Å². The Morgan fingerprint density at radius 2 is 1.86 bits per heavy atom. The van der Waals surface area contributed by atoms with Crippen LogP contribution in [0, 0.1) is 0 Å². The summed E-state index contributed by atoms with van der Waals surface area (Å²) in [6, 6.07) is 4.06. The van der Waals surface area contributed by atoms with Gasteiger partial charge < -0.3 is 30.0 Å². The molecule has 2 amide bonds. The van der Waals surface area contributed by atoms with Gasteiger partial charge in [0, 0.05) is 6.54 Å². The van der Waals surface area contributed by atoms with E-state index in [-0.39, 0.29) is 13.0 Å². The Balaban J connectivity index is 2.22. The predicted octanol–water partition coefficient (Wildman–Crippen LogP) is -1.99. The summed E-state index contributed by atoms with van der Waals surface area (Å²) in [7, 11) is 0. The molecule has 0 saturated carbocycles. The van der Waals surface area contributed by atoms with Gasteiger partial charge in [0.25, 0.3) is 0 Å². The standard InChI is InChI=1S/C14H16N2O5/c1-8(12(17)18)15-14(21)16-7-10-5-3-2-4-9(10)6-11(16)13(19)20/h2-5,8,11H,6-7H2,1H3,(H,15,21)(H,17,18)(H,19,20)/p-2/t8-,11-/m0/s1. The summed E-state index contributed by atoms with van der Waals surface area (Å²) < 4.78 is 0. The Kier molecular flexibility index (Phi) is 4.11. The first-order valence-electron chi connectivity index (χ1n) is 6.45. The molecule has 0 aromatic heterocycles. The summed E-state index contributed by atoms with van der Waals surface area (Å²) in [6.45, 7) is 1.33. The van der Waals surface area contributed by atoms with Crippen molar-refractivity contribution < 1.29 is 24.6 Å². The summed E-state index contributed by atoms with van der Waals surface area (Å²) in [5.74, 6) is -2.81. The number of carboxylic acid groups (broad SMARTS) is 2. The Bertz CT molecular complexity index is 586. The molecule has 1 aliphatic rings. The fraction of sp³-hybridized carbons (Fsp3) is 0.357. The van der Waals surface area contributed by atoms with E-state index in [1.165, 1.54) is 6.92 Å². The van der Waals surface area contributed by atoms with E-state index in [4.69, 9.17) is 0 Å². The number of carbonyl (C=O) groups excluding carboxylic acids is 3. The van der Waals surface area contributed by atoms with Crippen LogP contribution in [0.4, 0.5) is 4.79 Å². The van der Waals surface area contributed by atoms with Crippen LogP contribution in [0.2, 0.25) is 0 Å². The first kappa shape index (κ1) is 14.8. The first-order valence-corrected chi connectivity index (χ1v) is 6.45. The number of amides is 2. The number of nitrogens with zero attached hydrogens (tertiary/aromatic N) is 1. The molecule has 7 heteroatoms. The molecule has 0 aliphatic carbocycles. The van der Waals surface area contributed by atoms with E-state index in [0.29, 0.717) is 0 Å². The molecule has 0 radical (unpaired) electrons. The van der Waals surface area contributed by atoms with Gasteiger partial charge in [0.1, 0.15) is 0 Å². The number of carboxylic acids is 2. The number of urea groups is 1. The fourth-order valence-corrected chi connectivity index (χ4v) is 2.27. The Hall–Kier alpha value is -2.57. The van der Waals surface area contributed by atoms with E-state index in [1.54, 1.807) is 24.3 Å². The quantitative estimate of drug-likeness (QED) is 0.692. The smallest absolute Gasteiger partial charge is 0.318 e. The van der Waals surface area contributed by atoms with Crippen LogP contribution in [-0.2, 0) is 22.6 Å². The lowest BCUT2D eigenvalue weighted by Gasteiger charge is -2.38.